The van der Waals surface area contributed by atoms with Crippen LogP contribution in [0.4, 0.5) is 0 Å². The quantitative estimate of drug-likeness (QED) is 0.408. The highest BCUT2D eigenvalue weighted by Gasteiger charge is 2.21. The summed E-state index contributed by atoms with van der Waals surface area (Å²) in [5.74, 6) is 0.352. The van der Waals surface area contributed by atoms with E-state index in [4.69, 9.17) is 12.2 Å². The Hall–Kier alpha value is -2.34. The van der Waals surface area contributed by atoms with Gasteiger partial charge in [0.2, 0.25) is 15.9 Å². The van der Waals surface area contributed by atoms with Crippen LogP contribution in [-0.4, -0.2) is 35.1 Å². The first-order valence-electron chi connectivity index (χ1n) is 9.72. The molecule has 11 heteroatoms. The van der Waals surface area contributed by atoms with E-state index in [-0.39, 0.29) is 17.7 Å². The number of amides is 1. The molecule has 0 radical (unpaired) electrons. The van der Waals surface area contributed by atoms with E-state index in [9.17, 15) is 13.2 Å². The lowest BCUT2D eigenvalue weighted by atomic mass is 10.1. The predicted octanol–water partition coefficient (Wildman–Crippen LogP) is 3.37. The fourth-order valence-electron chi connectivity index (χ4n) is 3.07. The molecule has 31 heavy (non-hydrogen) atoms. The van der Waals surface area contributed by atoms with Crippen molar-refractivity contribution in [2.75, 3.05) is 0 Å². The van der Waals surface area contributed by atoms with Crippen LogP contribution in [-0.2, 0) is 27.1 Å². The zero-order valence-electron chi connectivity index (χ0n) is 17.5. The molecule has 3 rings (SSSR count). The molecule has 0 bridgehead atoms. The van der Waals surface area contributed by atoms with E-state index in [1.807, 2.05) is 29.6 Å². The number of sulfonamides is 1. The second kappa shape index (κ2) is 9.86. The van der Waals surface area contributed by atoms with Crippen molar-refractivity contribution in [2.24, 2.45) is 0 Å². The van der Waals surface area contributed by atoms with Crippen molar-refractivity contribution >= 4 is 39.5 Å². The normalized spacial score (nSPS) is 12.8. The Morgan fingerprint density at radius 1 is 1.19 bits per heavy atom. The molecular formula is C20H25N5O3S3. The fraction of sp³-hybridized carbons (Fsp3) is 0.350. The highest BCUT2D eigenvalue weighted by atomic mass is 32.2. The summed E-state index contributed by atoms with van der Waals surface area (Å²) in [6.45, 7) is 5.66. The minimum atomic E-state index is -3.38. The van der Waals surface area contributed by atoms with E-state index >= 15 is 0 Å². The molecule has 8 nitrogen and oxygen atoms in total. The number of hydrogen-bond donors (Lipinski definition) is 3. The van der Waals surface area contributed by atoms with E-state index in [0.29, 0.717) is 22.7 Å². The summed E-state index contributed by atoms with van der Waals surface area (Å²) in [6.07, 6.45) is 0. The van der Waals surface area contributed by atoms with Crippen LogP contribution in [0.2, 0.25) is 0 Å². The number of H-pyrrole nitrogens is 1. The van der Waals surface area contributed by atoms with Gasteiger partial charge in [0.05, 0.1) is 10.6 Å². The van der Waals surface area contributed by atoms with Crippen molar-refractivity contribution in [3.8, 4) is 10.7 Å². The molecule has 2 aromatic heterocycles. The standard InChI is InChI=1S/C20H25N5O3S3/c1-13(2)24-31(27,28)12-16-8-6-15(7-9-16)11-21-19(26)14(3)25-18(22-23-20(25)29)17-5-4-10-30-17/h4-10,13-14,24H,11-12H2,1-3H3,(H,21,26)(H,23,29). The Bertz CT molecular complexity index is 1180. The SMILES string of the molecule is CC(C)NS(=O)(=O)Cc1ccc(CNC(=O)C(C)n2c(-c3cccs3)n[nH]c2=S)cc1. The third-order valence-corrected chi connectivity index (χ3v) is 7.17. The summed E-state index contributed by atoms with van der Waals surface area (Å²) in [4.78, 5) is 13.7. The minimum Gasteiger partial charge on any atom is -0.350 e. The molecular weight excluding hydrogens is 454 g/mol. The van der Waals surface area contributed by atoms with Crippen LogP contribution in [0.15, 0.2) is 41.8 Å². The number of hydrogen-bond acceptors (Lipinski definition) is 6. The number of thiophene rings is 1. The van der Waals surface area contributed by atoms with Crippen LogP contribution in [0.25, 0.3) is 10.7 Å². The summed E-state index contributed by atoms with van der Waals surface area (Å²) in [7, 11) is -3.38. The van der Waals surface area contributed by atoms with Crippen molar-refractivity contribution in [1.82, 2.24) is 24.8 Å². The van der Waals surface area contributed by atoms with Crippen LogP contribution in [0.3, 0.4) is 0 Å². The number of nitrogens with one attached hydrogen (secondary N) is 3. The zero-order chi connectivity index (χ0) is 22.6. The Morgan fingerprint density at radius 2 is 1.87 bits per heavy atom. The topological polar surface area (TPSA) is 109 Å². The van der Waals surface area contributed by atoms with Crippen LogP contribution >= 0.6 is 23.6 Å². The number of nitrogens with zero attached hydrogens (tertiary/aromatic N) is 2. The molecule has 1 amide bonds. The number of benzene rings is 1. The number of carbonyl (C=O) groups is 1. The van der Waals surface area contributed by atoms with E-state index in [1.165, 1.54) is 11.3 Å². The summed E-state index contributed by atoms with van der Waals surface area (Å²) in [5, 5.41) is 11.9. The second-order valence-electron chi connectivity index (χ2n) is 7.44. The van der Waals surface area contributed by atoms with Crippen LogP contribution in [0.1, 0.15) is 37.9 Å². The molecule has 166 valence electrons. The van der Waals surface area contributed by atoms with Gasteiger partial charge < -0.3 is 5.32 Å². The van der Waals surface area contributed by atoms with Crippen LogP contribution < -0.4 is 10.0 Å². The lowest BCUT2D eigenvalue weighted by Gasteiger charge is -2.15. The molecule has 1 unspecified atom stereocenters. The largest absolute Gasteiger partial charge is 0.350 e. The van der Waals surface area contributed by atoms with E-state index in [2.05, 4.69) is 20.2 Å². The van der Waals surface area contributed by atoms with Gasteiger partial charge in [-0.05, 0) is 55.6 Å². The molecule has 1 atom stereocenters. The smallest absolute Gasteiger partial charge is 0.243 e. The molecule has 3 N–H and O–H groups in total. The van der Waals surface area contributed by atoms with Crippen molar-refractivity contribution < 1.29 is 13.2 Å². The maximum Gasteiger partial charge on any atom is 0.243 e. The molecule has 0 fully saturated rings. The number of rotatable bonds is 9. The molecule has 0 spiro atoms. The van der Waals surface area contributed by atoms with Gasteiger partial charge in [-0.1, -0.05) is 30.3 Å². The molecule has 0 aliphatic carbocycles. The third kappa shape index (κ3) is 6.10. The predicted molar refractivity (Wildman–Crippen MR) is 125 cm³/mol. The Balaban J connectivity index is 1.63. The van der Waals surface area contributed by atoms with Gasteiger partial charge in [0.15, 0.2) is 10.6 Å². The summed E-state index contributed by atoms with van der Waals surface area (Å²) < 4.78 is 28.8. The van der Waals surface area contributed by atoms with Gasteiger partial charge in [0.1, 0.15) is 6.04 Å². The molecule has 0 aliphatic rings. The average molecular weight is 480 g/mol. The maximum atomic E-state index is 12.7. The average Bonchev–Trinajstić information content (AvgIpc) is 3.34. The monoisotopic (exact) mass is 479 g/mol. The first-order chi connectivity index (χ1) is 14.7. The highest BCUT2D eigenvalue weighted by Crippen LogP contribution is 2.25. The lowest BCUT2D eigenvalue weighted by Crippen LogP contribution is -2.31. The maximum absolute atomic E-state index is 12.7. The summed E-state index contributed by atoms with van der Waals surface area (Å²) in [5.41, 5.74) is 1.55. The molecule has 2 heterocycles. The second-order valence-corrected chi connectivity index (χ2v) is 10.5. The first kappa shape index (κ1) is 23.3. The summed E-state index contributed by atoms with van der Waals surface area (Å²) >= 11 is 6.84. The summed E-state index contributed by atoms with van der Waals surface area (Å²) in [6, 6.07) is 10.3. The minimum absolute atomic E-state index is 0.0842. The fourth-order valence-corrected chi connectivity index (χ4v) is 5.50. The van der Waals surface area contributed by atoms with Gasteiger partial charge in [0.25, 0.3) is 0 Å². The number of aromatic amines is 1. The third-order valence-electron chi connectivity index (χ3n) is 4.47. The van der Waals surface area contributed by atoms with Crippen molar-refractivity contribution in [1.29, 1.82) is 0 Å². The van der Waals surface area contributed by atoms with Gasteiger partial charge in [-0.3, -0.25) is 14.5 Å². The van der Waals surface area contributed by atoms with Gasteiger partial charge in [0, 0.05) is 12.6 Å². The highest BCUT2D eigenvalue weighted by molar-refractivity contribution is 7.88. The van der Waals surface area contributed by atoms with E-state index in [1.54, 1.807) is 37.5 Å². The van der Waals surface area contributed by atoms with Crippen molar-refractivity contribution in [3.63, 3.8) is 0 Å². The number of aromatic nitrogens is 3. The van der Waals surface area contributed by atoms with Gasteiger partial charge in [-0.2, -0.15) is 5.10 Å². The Labute approximate surface area is 190 Å². The zero-order valence-corrected chi connectivity index (χ0v) is 19.9. The molecule has 0 saturated carbocycles. The Kier molecular flexibility index (Phi) is 7.42. The molecule has 0 aliphatic heterocycles. The van der Waals surface area contributed by atoms with Gasteiger partial charge in [-0.25, -0.2) is 13.1 Å². The van der Waals surface area contributed by atoms with Crippen molar-refractivity contribution in [2.45, 2.75) is 45.2 Å². The molecule has 3 aromatic rings. The molecule has 0 saturated heterocycles. The van der Waals surface area contributed by atoms with Gasteiger partial charge in [-0.15, -0.1) is 11.3 Å². The van der Waals surface area contributed by atoms with Crippen LogP contribution in [0.5, 0.6) is 0 Å². The van der Waals surface area contributed by atoms with E-state index < -0.39 is 16.1 Å². The van der Waals surface area contributed by atoms with Gasteiger partial charge >= 0.3 is 0 Å². The Morgan fingerprint density at radius 3 is 2.48 bits per heavy atom. The lowest BCUT2D eigenvalue weighted by molar-refractivity contribution is -0.124. The first-order valence-corrected chi connectivity index (χ1v) is 12.7. The number of carbonyl (C=O) groups excluding carboxylic acids is 1. The van der Waals surface area contributed by atoms with Crippen molar-refractivity contribution in [3.05, 3.63) is 57.7 Å². The molecule has 1 aromatic carbocycles. The van der Waals surface area contributed by atoms with Crippen LogP contribution in [0, 0.1) is 4.77 Å². The van der Waals surface area contributed by atoms with E-state index in [0.717, 1.165) is 10.4 Å².